The quantitative estimate of drug-likeness (QED) is 0.571. The fourth-order valence-corrected chi connectivity index (χ4v) is 3.76. The minimum absolute atomic E-state index is 0.0590. The summed E-state index contributed by atoms with van der Waals surface area (Å²) in [7, 11) is 0. The highest BCUT2D eigenvalue weighted by Crippen LogP contribution is 2.28. The average molecular weight is 391 g/mol. The molecule has 1 aromatic heterocycles. The molecule has 2 N–H and O–H groups in total. The number of aromatic nitrogens is 1. The molecule has 3 rings (SSSR count). The zero-order chi connectivity index (χ0) is 19.4. The topological polar surface area (TPSA) is 132 Å². The monoisotopic (exact) mass is 391 g/mol. The van der Waals surface area contributed by atoms with Gasteiger partial charge in [-0.3, -0.25) is 19.7 Å². The highest BCUT2D eigenvalue weighted by molar-refractivity contribution is 7.13. The highest BCUT2D eigenvalue weighted by atomic mass is 32.1. The third kappa shape index (κ3) is 4.47. The van der Waals surface area contributed by atoms with Crippen LogP contribution in [0.25, 0.3) is 10.6 Å². The van der Waals surface area contributed by atoms with E-state index in [0.717, 1.165) is 0 Å². The summed E-state index contributed by atoms with van der Waals surface area (Å²) < 4.78 is 5.27. The summed E-state index contributed by atoms with van der Waals surface area (Å²) in [5, 5.41) is 24.9. The van der Waals surface area contributed by atoms with Crippen molar-refractivity contribution in [3.05, 3.63) is 45.5 Å². The third-order valence-electron chi connectivity index (χ3n) is 4.36. The predicted molar refractivity (Wildman–Crippen MR) is 96.7 cm³/mol. The molecule has 142 valence electrons. The van der Waals surface area contributed by atoms with Gasteiger partial charge in [-0.05, 0) is 12.8 Å². The smallest absolute Gasteiger partial charge is 0.305 e. The maximum Gasteiger partial charge on any atom is 0.305 e. The molecule has 1 saturated heterocycles. The lowest BCUT2D eigenvalue weighted by atomic mass is 9.86. The van der Waals surface area contributed by atoms with Crippen LogP contribution in [-0.4, -0.2) is 45.6 Å². The third-order valence-corrected chi connectivity index (χ3v) is 5.25. The number of rotatable bonds is 6. The fraction of sp³-hybridized carbons (Fsp3) is 0.353. The van der Waals surface area contributed by atoms with Gasteiger partial charge in [0.05, 0.1) is 16.9 Å². The van der Waals surface area contributed by atoms with Gasteiger partial charge in [0.25, 0.3) is 11.6 Å². The Morgan fingerprint density at radius 2 is 2.11 bits per heavy atom. The first kappa shape index (κ1) is 18.9. The molecule has 2 aromatic rings. The first-order valence-electron chi connectivity index (χ1n) is 8.21. The van der Waals surface area contributed by atoms with Crippen molar-refractivity contribution < 1.29 is 24.4 Å². The fourth-order valence-electron chi connectivity index (χ4n) is 2.97. The van der Waals surface area contributed by atoms with Crippen molar-refractivity contribution >= 4 is 28.9 Å². The van der Waals surface area contributed by atoms with E-state index in [1.807, 2.05) is 0 Å². The molecular formula is C17H17N3O6S. The number of nitrogens with zero attached hydrogens (tertiary/aromatic N) is 2. The summed E-state index contributed by atoms with van der Waals surface area (Å²) in [5.74, 6) is -1.46. The van der Waals surface area contributed by atoms with Gasteiger partial charge in [-0.2, -0.15) is 0 Å². The van der Waals surface area contributed by atoms with E-state index in [-0.39, 0.29) is 17.8 Å². The van der Waals surface area contributed by atoms with Gasteiger partial charge in [-0.15, -0.1) is 11.3 Å². The van der Waals surface area contributed by atoms with Gasteiger partial charge >= 0.3 is 5.97 Å². The minimum Gasteiger partial charge on any atom is -0.481 e. The van der Waals surface area contributed by atoms with E-state index in [1.165, 1.54) is 23.5 Å². The van der Waals surface area contributed by atoms with Gasteiger partial charge in [0.2, 0.25) is 0 Å². The largest absolute Gasteiger partial charge is 0.481 e. The van der Waals surface area contributed by atoms with E-state index in [1.54, 1.807) is 17.5 Å². The van der Waals surface area contributed by atoms with Crippen molar-refractivity contribution in [2.75, 3.05) is 13.2 Å². The molecule has 1 fully saturated rings. The highest BCUT2D eigenvalue weighted by Gasteiger charge is 2.37. The van der Waals surface area contributed by atoms with Gasteiger partial charge in [-0.25, -0.2) is 4.98 Å². The van der Waals surface area contributed by atoms with E-state index >= 15 is 0 Å². The van der Waals surface area contributed by atoms with Gasteiger partial charge < -0.3 is 15.2 Å². The number of nitro groups is 1. The lowest BCUT2D eigenvalue weighted by Gasteiger charge is -2.36. The number of hydrogen-bond donors (Lipinski definition) is 2. The molecule has 0 unspecified atom stereocenters. The number of nitrogens with one attached hydrogen (secondary N) is 1. The lowest BCUT2D eigenvalue weighted by molar-refractivity contribution is -0.384. The van der Waals surface area contributed by atoms with Crippen molar-refractivity contribution in [1.29, 1.82) is 0 Å². The molecule has 0 radical (unpaired) electrons. The summed E-state index contributed by atoms with van der Waals surface area (Å²) in [4.78, 5) is 38.5. The molecule has 1 aliphatic heterocycles. The molecule has 9 nitrogen and oxygen atoms in total. The Labute approximate surface area is 158 Å². The second-order valence-electron chi connectivity index (χ2n) is 6.26. The number of carbonyl (C=O) groups excluding carboxylic acids is 1. The number of aliphatic carboxylic acids is 1. The molecule has 1 aliphatic rings. The molecule has 0 atom stereocenters. The summed E-state index contributed by atoms with van der Waals surface area (Å²) in [5.41, 5.74) is -0.232. The van der Waals surface area contributed by atoms with Crippen molar-refractivity contribution in [3.63, 3.8) is 0 Å². The van der Waals surface area contributed by atoms with Gasteiger partial charge in [0.1, 0.15) is 10.7 Å². The molecule has 2 heterocycles. The number of nitro benzene ring substituents is 1. The maximum absolute atomic E-state index is 12.6. The Morgan fingerprint density at radius 3 is 2.78 bits per heavy atom. The Kier molecular flexibility index (Phi) is 5.47. The molecular weight excluding hydrogens is 374 g/mol. The van der Waals surface area contributed by atoms with Gasteiger partial charge in [0, 0.05) is 36.3 Å². The van der Waals surface area contributed by atoms with E-state index in [4.69, 9.17) is 4.74 Å². The van der Waals surface area contributed by atoms with Crippen LogP contribution in [0.2, 0.25) is 0 Å². The number of amides is 1. The van der Waals surface area contributed by atoms with E-state index < -0.39 is 22.3 Å². The van der Waals surface area contributed by atoms with Gasteiger partial charge in [0.15, 0.2) is 0 Å². The normalized spacial score (nSPS) is 15.9. The van der Waals surface area contributed by atoms with Gasteiger partial charge in [-0.1, -0.05) is 12.1 Å². The van der Waals surface area contributed by atoms with Crippen LogP contribution in [0.5, 0.6) is 0 Å². The standard InChI is InChI=1S/C17H17N3O6S/c21-14(22)9-17(4-6-26-7-5-17)19-15(23)13-10-27-16(18-13)11-2-1-3-12(8-11)20(24)25/h1-3,8,10H,4-7,9H2,(H,19,23)(H,21,22). The van der Waals surface area contributed by atoms with Crippen LogP contribution in [0.4, 0.5) is 5.69 Å². The van der Waals surface area contributed by atoms with E-state index in [2.05, 4.69) is 10.3 Å². The molecule has 27 heavy (non-hydrogen) atoms. The first-order valence-corrected chi connectivity index (χ1v) is 9.09. The molecule has 1 aromatic carbocycles. The number of thiazole rings is 1. The number of non-ortho nitro benzene ring substituents is 1. The van der Waals surface area contributed by atoms with Crippen molar-refractivity contribution in [2.24, 2.45) is 0 Å². The molecule has 1 amide bonds. The van der Waals surface area contributed by atoms with Crippen molar-refractivity contribution in [2.45, 2.75) is 24.8 Å². The van der Waals surface area contributed by atoms with Crippen LogP contribution < -0.4 is 5.32 Å². The second-order valence-corrected chi connectivity index (χ2v) is 7.12. The minimum atomic E-state index is -0.993. The van der Waals surface area contributed by atoms with Crippen molar-refractivity contribution in [1.82, 2.24) is 10.3 Å². The van der Waals surface area contributed by atoms with Crippen LogP contribution in [-0.2, 0) is 9.53 Å². The number of carbonyl (C=O) groups is 2. The van der Waals surface area contributed by atoms with Crippen LogP contribution >= 0.6 is 11.3 Å². The zero-order valence-corrected chi connectivity index (χ0v) is 15.0. The Bertz CT molecular complexity index is 875. The van der Waals surface area contributed by atoms with Crippen LogP contribution in [0.3, 0.4) is 0 Å². The lowest BCUT2D eigenvalue weighted by Crippen LogP contribution is -2.53. The molecule has 0 bridgehead atoms. The zero-order valence-electron chi connectivity index (χ0n) is 14.2. The summed E-state index contributed by atoms with van der Waals surface area (Å²) in [6.45, 7) is 0.757. The van der Waals surface area contributed by atoms with Crippen molar-refractivity contribution in [3.8, 4) is 10.6 Å². The van der Waals surface area contributed by atoms with Crippen LogP contribution in [0, 0.1) is 10.1 Å². The number of benzene rings is 1. The van der Waals surface area contributed by atoms with Crippen LogP contribution in [0.15, 0.2) is 29.6 Å². The number of carboxylic acid groups (broad SMARTS) is 1. The average Bonchev–Trinajstić information content (AvgIpc) is 3.12. The van der Waals surface area contributed by atoms with Crippen LogP contribution in [0.1, 0.15) is 29.8 Å². The van der Waals surface area contributed by atoms with E-state index in [0.29, 0.717) is 36.6 Å². The number of hydrogen-bond acceptors (Lipinski definition) is 7. The second kappa shape index (κ2) is 7.80. The van der Waals surface area contributed by atoms with E-state index in [9.17, 15) is 24.8 Å². The molecule has 0 saturated carbocycles. The maximum atomic E-state index is 12.6. The Morgan fingerprint density at radius 1 is 1.37 bits per heavy atom. The summed E-state index contributed by atoms with van der Waals surface area (Å²) in [6, 6.07) is 6.01. The Balaban J connectivity index is 1.79. The molecule has 10 heteroatoms. The SMILES string of the molecule is O=C(O)CC1(NC(=O)c2csc(-c3cccc([N+](=O)[O-])c3)n2)CCOCC1. The predicted octanol–water partition coefficient (Wildman–Crippen LogP) is 2.47. The number of carboxylic acids is 1. The summed E-state index contributed by atoms with van der Waals surface area (Å²) in [6.07, 6.45) is 0.629. The number of ether oxygens (including phenoxy) is 1. The molecule has 0 spiro atoms. The Hall–Kier alpha value is -2.85. The molecule has 0 aliphatic carbocycles. The summed E-state index contributed by atoms with van der Waals surface area (Å²) >= 11 is 1.19. The first-order chi connectivity index (χ1) is 12.9.